The van der Waals surface area contributed by atoms with Crippen LogP contribution in [0.5, 0.6) is 0 Å². The SMILES string of the molecule is CC(C)(C)OC(=O)Nc1ccc(F)cc1C(O)C(F)F. The van der Waals surface area contributed by atoms with E-state index in [9.17, 15) is 23.1 Å². The van der Waals surface area contributed by atoms with E-state index in [0.717, 1.165) is 18.2 Å². The molecule has 0 spiro atoms. The molecule has 20 heavy (non-hydrogen) atoms. The van der Waals surface area contributed by atoms with Crippen LogP contribution in [0.1, 0.15) is 32.4 Å². The molecule has 0 aromatic heterocycles. The average Bonchev–Trinajstić information content (AvgIpc) is 2.27. The van der Waals surface area contributed by atoms with Gasteiger partial charge in [-0.1, -0.05) is 0 Å². The zero-order valence-electron chi connectivity index (χ0n) is 11.3. The number of ether oxygens (including phenoxy) is 1. The van der Waals surface area contributed by atoms with Gasteiger partial charge in [-0.05, 0) is 39.0 Å². The van der Waals surface area contributed by atoms with Crippen molar-refractivity contribution in [3.63, 3.8) is 0 Å². The highest BCUT2D eigenvalue weighted by molar-refractivity contribution is 5.86. The number of aliphatic hydroxyl groups is 1. The zero-order valence-corrected chi connectivity index (χ0v) is 11.3. The number of nitrogens with one attached hydrogen (secondary N) is 1. The van der Waals surface area contributed by atoms with Gasteiger partial charge in [-0.2, -0.15) is 0 Å². The van der Waals surface area contributed by atoms with Gasteiger partial charge in [0.1, 0.15) is 17.5 Å². The lowest BCUT2D eigenvalue weighted by Crippen LogP contribution is -2.28. The van der Waals surface area contributed by atoms with Gasteiger partial charge in [0.25, 0.3) is 6.43 Å². The Morgan fingerprint density at radius 2 is 1.95 bits per heavy atom. The second kappa shape index (κ2) is 6.13. The summed E-state index contributed by atoms with van der Waals surface area (Å²) in [4.78, 5) is 11.6. The molecule has 0 bridgehead atoms. The van der Waals surface area contributed by atoms with Crippen LogP contribution >= 0.6 is 0 Å². The second-order valence-corrected chi connectivity index (χ2v) is 5.14. The highest BCUT2D eigenvalue weighted by Crippen LogP contribution is 2.28. The number of alkyl halides is 2. The van der Waals surface area contributed by atoms with Crippen LogP contribution in [0.2, 0.25) is 0 Å². The van der Waals surface area contributed by atoms with Gasteiger partial charge in [0.2, 0.25) is 0 Å². The Bertz CT molecular complexity index is 486. The third-order valence-corrected chi connectivity index (χ3v) is 2.21. The summed E-state index contributed by atoms with van der Waals surface area (Å²) in [6.45, 7) is 4.89. The molecule has 1 aromatic carbocycles. The van der Waals surface area contributed by atoms with Crippen molar-refractivity contribution in [2.24, 2.45) is 0 Å². The molecule has 7 heteroatoms. The van der Waals surface area contributed by atoms with Crippen LogP contribution in [0.15, 0.2) is 18.2 Å². The highest BCUT2D eigenvalue weighted by atomic mass is 19.3. The average molecular weight is 291 g/mol. The van der Waals surface area contributed by atoms with Crippen molar-refractivity contribution in [3.8, 4) is 0 Å². The summed E-state index contributed by atoms with van der Waals surface area (Å²) < 4.78 is 43.1. The Hall–Kier alpha value is -1.76. The van der Waals surface area contributed by atoms with Crippen molar-refractivity contribution in [2.75, 3.05) is 5.32 Å². The third kappa shape index (κ3) is 4.73. The molecule has 0 radical (unpaired) electrons. The number of rotatable bonds is 3. The van der Waals surface area contributed by atoms with Crippen LogP contribution in [0.25, 0.3) is 0 Å². The first-order valence-electron chi connectivity index (χ1n) is 5.86. The Morgan fingerprint density at radius 1 is 1.35 bits per heavy atom. The Labute approximate surface area is 114 Å². The molecule has 0 aliphatic heterocycles. The predicted molar refractivity (Wildman–Crippen MR) is 67.2 cm³/mol. The predicted octanol–water partition coefficient (Wildman–Crippen LogP) is 3.47. The van der Waals surface area contributed by atoms with Gasteiger partial charge >= 0.3 is 6.09 Å². The first-order chi connectivity index (χ1) is 9.10. The molecule has 0 saturated heterocycles. The molecule has 0 heterocycles. The molecule has 1 unspecified atom stereocenters. The molecule has 1 aromatic rings. The zero-order chi connectivity index (χ0) is 15.5. The van der Waals surface area contributed by atoms with E-state index < -0.39 is 35.6 Å². The highest BCUT2D eigenvalue weighted by Gasteiger charge is 2.24. The van der Waals surface area contributed by atoms with E-state index in [2.05, 4.69) is 5.32 Å². The van der Waals surface area contributed by atoms with Gasteiger partial charge in [0, 0.05) is 5.56 Å². The van der Waals surface area contributed by atoms with E-state index in [1.165, 1.54) is 0 Å². The van der Waals surface area contributed by atoms with Crippen molar-refractivity contribution in [3.05, 3.63) is 29.6 Å². The summed E-state index contributed by atoms with van der Waals surface area (Å²) in [5.41, 5.74) is -1.31. The molecule has 4 nitrogen and oxygen atoms in total. The smallest absolute Gasteiger partial charge is 0.412 e. The second-order valence-electron chi connectivity index (χ2n) is 5.14. The number of anilines is 1. The summed E-state index contributed by atoms with van der Waals surface area (Å²) in [5, 5.41) is 11.5. The van der Waals surface area contributed by atoms with Crippen LogP contribution in [-0.2, 0) is 4.74 Å². The van der Waals surface area contributed by atoms with Crippen LogP contribution in [0, 0.1) is 5.82 Å². The van der Waals surface area contributed by atoms with Crippen LogP contribution in [0.3, 0.4) is 0 Å². The van der Waals surface area contributed by atoms with Gasteiger partial charge < -0.3 is 9.84 Å². The number of hydrogen-bond acceptors (Lipinski definition) is 3. The normalized spacial score (nSPS) is 13.2. The minimum absolute atomic E-state index is 0.131. The van der Waals surface area contributed by atoms with E-state index in [1.54, 1.807) is 20.8 Å². The lowest BCUT2D eigenvalue weighted by atomic mass is 10.1. The van der Waals surface area contributed by atoms with Crippen LogP contribution < -0.4 is 5.32 Å². The topological polar surface area (TPSA) is 58.6 Å². The molecule has 1 amide bonds. The van der Waals surface area contributed by atoms with E-state index in [1.807, 2.05) is 0 Å². The number of benzene rings is 1. The fourth-order valence-corrected chi connectivity index (χ4v) is 1.44. The maximum absolute atomic E-state index is 13.1. The molecule has 112 valence electrons. The van der Waals surface area contributed by atoms with Gasteiger partial charge in [0.15, 0.2) is 0 Å². The third-order valence-electron chi connectivity index (χ3n) is 2.21. The maximum Gasteiger partial charge on any atom is 0.412 e. The summed E-state index contributed by atoms with van der Waals surface area (Å²) in [7, 11) is 0. The Balaban J connectivity index is 2.98. The molecule has 0 aliphatic rings. The molecule has 0 saturated carbocycles. The van der Waals surface area contributed by atoms with Gasteiger partial charge in [-0.25, -0.2) is 18.0 Å². The number of carbonyl (C=O) groups is 1. The van der Waals surface area contributed by atoms with Gasteiger partial charge in [-0.15, -0.1) is 0 Å². The van der Waals surface area contributed by atoms with Crippen molar-refractivity contribution in [2.45, 2.75) is 38.9 Å². The van der Waals surface area contributed by atoms with E-state index >= 15 is 0 Å². The van der Waals surface area contributed by atoms with Crippen molar-refractivity contribution in [1.29, 1.82) is 0 Å². The largest absolute Gasteiger partial charge is 0.444 e. The summed E-state index contributed by atoms with van der Waals surface area (Å²) in [6, 6.07) is 2.80. The Kier molecular flexibility index (Phi) is 4.99. The monoisotopic (exact) mass is 291 g/mol. The number of halogens is 3. The van der Waals surface area contributed by atoms with Crippen LogP contribution in [-0.4, -0.2) is 23.2 Å². The van der Waals surface area contributed by atoms with Gasteiger partial charge in [0.05, 0.1) is 5.69 Å². The maximum atomic E-state index is 13.1. The van der Waals surface area contributed by atoms with E-state index in [4.69, 9.17) is 4.74 Å². The number of amides is 1. The lowest BCUT2D eigenvalue weighted by Gasteiger charge is -2.21. The summed E-state index contributed by atoms with van der Waals surface area (Å²) in [6.07, 6.45) is -6.18. The molecular weight excluding hydrogens is 275 g/mol. The molecule has 1 atom stereocenters. The van der Waals surface area contributed by atoms with E-state index in [0.29, 0.717) is 0 Å². The molecule has 0 fully saturated rings. The molecule has 0 aliphatic carbocycles. The summed E-state index contributed by atoms with van der Waals surface area (Å²) in [5.74, 6) is -0.797. The van der Waals surface area contributed by atoms with Crippen LogP contribution in [0.4, 0.5) is 23.7 Å². The molecule has 2 N–H and O–H groups in total. The summed E-state index contributed by atoms with van der Waals surface area (Å²) >= 11 is 0. The van der Waals surface area contributed by atoms with Crippen molar-refractivity contribution in [1.82, 2.24) is 0 Å². The first-order valence-corrected chi connectivity index (χ1v) is 5.86. The Morgan fingerprint density at radius 3 is 2.45 bits per heavy atom. The number of carbonyl (C=O) groups excluding carboxylic acids is 1. The lowest BCUT2D eigenvalue weighted by molar-refractivity contribution is -0.00559. The van der Waals surface area contributed by atoms with Crippen molar-refractivity contribution >= 4 is 11.8 Å². The minimum Gasteiger partial charge on any atom is -0.444 e. The molecular formula is C13H16F3NO3. The number of aliphatic hydroxyl groups excluding tert-OH is 1. The first kappa shape index (κ1) is 16.3. The van der Waals surface area contributed by atoms with E-state index in [-0.39, 0.29) is 5.69 Å². The van der Waals surface area contributed by atoms with Gasteiger partial charge in [-0.3, -0.25) is 5.32 Å². The fourth-order valence-electron chi connectivity index (χ4n) is 1.44. The minimum atomic E-state index is -3.10. The van der Waals surface area contributed by atoms with Crippen molar-refractivity contribution < 1.29 is 27.8 Å². The quantitative estimate of drug-likeness (QED) is 0.896. The molecule has 1 rings (SSSR count). The number of hydrogen-bond donors (Lipinski definition) is 2. The fraction of sp³-hybridized carbons (Fsp3) is 0.462. The standard InChI is InChI=1S/C13H16F3NO3/c1-13(2,3)20-12(19)17-9-5-4-7(14)6-8(9)10(18)11(15)16/h4-6,10-11,18H,1-3H3,(H,17,19).